The molecule has 3 rings (SSSR count). The number of hydrogen-bond acceptors (Lipinski definition) is 4. The molecule has 0 bridgehead atoms. The molecule has 3 aromatic carbocycles. The minimum atomic E-state index is -1.12. The first-order chi connectivity index (χ1) is 12.6. The number of nitro groups is 1. The molecule has 0 saturated carbocycles. The predicted octanol–water partition coefficient (Wildman–Crippen LogP) is 4.39. The van der Waals surface area contributed by atoms with E-state index in [9.17, 15) is 14.9 Å². The summed E-state index contributed by atoms with van der Waals surface area (Å²) in [6, 6.07) is 20.8. The lowest BCUT2D eigenvalue weighted by atomic mass is 9.96. The molecule has 0 aliphatic heterocycles. The van der Waals surface area contributed by atoms with E-state index >= 15 is 0 Å². The number of aliphatic carboxylic acids is 1. The highest BCUT2D eigenvalue weighted by Crippen LogP contribution is 2.42. The van der Waals surface area contributed by atoms with Crippen LogP contribution in [-0.2, 0) is 4.79 Å². The van der Waals surface area contributed by atoms with Gasteiger partial charge in [-0.15, -0.1) is 0 Å². The summed E-state index contributed by atoms with van der Waals surface area (Å²) in [5, 5.41) is 20.4. The Labute approximate surface area is 149 Å². The van der Waals surface area contributed by atoms with Crippen LogP contribution in [0.3, 0.4) is 0 Å². The van der Waals surface area contributed by atoms with Crippen molar-refractivity contribution in [1.29, 1.82) is 0 Å². The monoisotopic (exact) mass is 349 g/mol. The predicted molar refractivity (Wildman–Crippen MR) is 97.1 cm³/mol. The van der Waals surface area contributed by atoms with Crippen molar-refractivity contribution in [3.63, 3.8) is 0 Å². The number of non-ortho nitro benzene ring substituents is 1. The van der Waals surface area contributed by atoms with Gasteiger partial charge in [0.05, 0.1) is 4.92 Å². The summed E-state index contributed by atoms with van der Waals surface area (Å²) in [4.78, 5) is 22.0. The van der Waals surface area contributed by atoms with Crippen molar-refractivity contribution >= 4 is 11.7 Å². The second-order valence-corrected chi connectivity index (χ2v) is 5.54. The minimum absolute atomic E-state index is 0.0922. The van der Waals surface area contributed by atoms with E-state index in [1.165, 1.54) is 12.1 Å². The van der Waals surface area contributed by atoms with Gasteiger partial charge in [-0.05, 0) is 11.1 Å². The summed E-state index contributed by atoms with van der Waals surface area (Å²) < 4.78 is 5.55. The van der Waals surface area contributed by atoms with Crippen LogP contribution in [0.2, 0.25) is 0 Å². The van der Waals surface area contributed by atoms with Gasteiger partial charge in [0.1, 0.15) is 5.75 Å². The Morgan fingerprint density at radius 3 is 1.77 bits per heavy atom. The summed E-state index contributed by atoms with van der Waals surface area (Å²) in [5.41, 5.74) is 2.26. The maximum Gasteiger partial charge on any atom is 0.341 e. The maximum absolute atomic E-state index is 11.4. The van der Waals surface area contributed by atoms with Gasteiger partial charge >= 0.3 is 5.97 Å². The lowest BCUT2D eigenvalue weighted by molar-refractivity contribution is -0.384. The number of carboxylic acids is 1. The second kappa shape index (κ2) is 7.48. The van der Waals surface area contributed by atoms with Gasteiger partial charge in [0, 0.05) is 23.3 Å². The van der Waals surface area contributed by atoms with Gasteiger partial charge in [-0.2, -0.15) is 0 Å². The first-order valence-electron chi connectivity index (χ1n) is 7.84. The Balaban J connectivity index is 2.28. The van der Waals surface area contributed by atoms with Gasteiger partial charge in [0.2, 0.25) is 0 Å². The fourth-order valence-corrected chi connectivity index (χ4v) is 2.67. The number of hydrogen-bond donors (Lipinski definition) is 1. The van der Waals surface area contributed by atoms with Crippen LogP contribution in [0.25, 0.3) is 22.3 Å². The van der Waals surface area contributed by atoms with E-state index in [4.69, 9.17) is 9.84 Å². The van der Waals surface area contributed by atoms with Gasteiger partial charge in [0.25, 0.3) is 5.69 Å². The third-order valence-electron chi connectivity index (χ3n) is 3.79. The largest absolute Gasteiger partial charge is 0.481 e. The lowest BCUT2D eigenvalue weighted by Gasteiger charge is -2.16. The fraction of sp³-hybridized carbons (Fsp3) is 0.0500. The smallest absolute Gasteiger partial charge is 0.341 e. The molecule has 0 heterocycles. The van der Waals surface area contributed by atoms with Crippen LogP contribution in [0.4, 0.5) is 5.69 Å². The molecule has 0 aromatic heterocycles. The molecule has 1 N–H and O–H groups in total. The van der Waals surface area contributed by atoms with E-state index in [2.05, 4.69) is 0 Å². The van der Waals surface area contributed by atoms with Crippen molar-refractivity contribution in [2.75, 3.05) is 6.61 Å². The maximum atomic E-state index is 11.4. The number of nitrogens with zero attached hydrogens (tertiary/aromatic N) is 1. The summed E-state index contributed by atoms with van der Waals surface area (Å²) in [5.74, 6) is -0.822. The van der Waals surface area contributed by atoms with E-state index in [0.29, 0.717) is 28.0 Å². The highest BCUT2D eigenvalue weighted by molar-refractivity contribution is 5.85. The van der Waals surface area contributed by atoms with E-state index < -0.39 is 17.5 Å². The number of carboxylic acid groups (broad SMARTS) is 1. The lowest BCUT2D eigenvalue weighted by Crippen LogP contribution is -2.11. The quantitative estimate of drug-likeness (QED) is 0.526. The summed E-state index contributed by atoms with van der Waals surface area (Å²) in [7, 11) is 0. The zero-order valence-corrected chi connectivity index (χ0v) is 13.7. The molecule has 6 nitrogen and oxygen atoms in total. The molecule has 130 valence electrons. The fourth-order valence-electron chi connectivity index (χ4n) is 2.67. The first kappa shape index (κ1) is 17.2. The molecule has 0 radical (unpaired) electrons. The molecule has 3 aromatic rings. The number of rotatable bonds is 6. The minimum Gasteiger partial charge on any atom is -0.481 e. The number of benzene rings is 3. The molecule has 0 aliphatic rings. The van der Waals surface area contributed by atoms with Crippen molar-refractivity contribution in [2.45, 2.75) is 0 Å². The van der Waals surface area contributed by atoms with Crippen molar-refractivity contribution in [3.05, 3.63) is 82.9 Å². The molecule has 0 unspecified atom stereocenters. The van der Waals surface area contributed by atoms with E-state index in [-0.39, 0.29) is 5.69 Å². The van der Waals surface area contributed by atoms with Crippen LogP contribution in [0.5, 0.6) is 5.75 Å². The third kappa shape index (κ3) is 3.70. The number of carbonyl (C=O) groups is 1. The van der Waals surface area contributed by atoms with Crippen molar-refractivity contribution in [1.82, 2.24) is 0 Å². The Kier molecular flexibility index (Phi) is 4.94. The first-order valence-corrected chi connectivity index (χ1v) is 7.84. The Hall–Kier alpha value is -3.67. The highest BCUT2D eigenvalue weighted by atomic mass is 16.6. The SMILES string of the molecule is O=C(O)COc1c(-c2ccccc2)cc([N+](=O)[O-])cc1-c1ccccc1. The van der Waals surface area contributed by atoms with Crippen molar-refractivity contribution < 1.29 is 19.6 Å². The number of ether oxygens (including phenoxy) is 1. The van der Waals surface area contributed by atoms with E-state index in [1.54, 1.807) is 48.5 Å². The molecule has 0 saturated heterocycles. The second-order valence-electron chi connectivity index (χ2n) is 5.54. The van der Waals surface area contributed by atoms with Gasteiger partial charge < -0.3 is 9.84 Å². The third-order valence-corrected chi connectivity index (χ3v) is 3.79. The molecular weight excluding hydrogens is 334 g/mol. The van der Waals surface area contributed by atoms with Gasteiger partial charge in [-0.3, -0.25) is 10.1 Å². The highest BCUT2D eigenvalue weighted by Gasteiger charge is 2.20. The van der Waals surface area contributed by atoms with E-state index in [1.807, 2.05) is 12.1 Å². The zero-order valence-electron chi connectivity index (χ0n) is 13.7. The molecule has 0 spiro atoms. The average Bonchev–Trinajstić information content (AvgIpc) is 2.67. The van der Waals surface area contributed by atoms with Crippen LogP contribution < -0.4 is 4.74 Å². The summed E-state index contributed by atoms with van der Waals surface area (Å²) in [6.07, 6.45) is 0. The molecule has 26 heavy (non-hydrogen) atoms. The van der Waals surface area contributed by atoms with Crippen LogP contribution in [0, 0.1) is 10.1 Å². The Bertz CT molecular complexity index is 878. The van der Waals surface area contributed by atoms with Crippen LogP contribution >= 0.6 is 0 Å². The molecule has 0 amide bonds. The normalized spacial score (nSPS) is 10.3. The van der Waals surface area contributed by atoms with Crippen LogP contribution in [0.15, 0.2) is 72.8 Å². The standard InChI is InChI=1S/C20H15NO5/c22-19(23)13-26-20-17(14-7-3-1-4-8-14)11-16(21(24)25)12-18(20)15-9-5-2-6-10-15/h1-12H,13H2,(H,22,23). The summed E-state index contributed by atoms with van der Waals surface area (Å²) >= 11 is 0. The van der Waals surface area contributed by atoms with Crippen molar-refractivity contribution in [2.24, 2.45) is 0 Å². The van der Waals surface area contributed by atoms with E-state index in [0.717, 1.165) is 0 Å². The Morgan fingerprint density at radius 2 is 1.38 bits per heavy atom. The number of nitro benzene ring substituents is 1. The summed E-state index contributed by atoms with van der Waals surface area (Å²) in [6.45, 7) is -0.544. The molecule has 0 fully saturated rings. The van der Waals surface area contributed by atoms with Crippen molar-refractivity contribution in [3.8, 4) is 28.0 Å². The van der Waals surface area contributed by atoms with Gasteiger partial charge in [-0.25, -0.2) is 4.79 Å². The zero-order chi connectivity index (χ0) is 18.5. The van der Waals surface area contributed by atoms with Gasteiger partial charge in [0.15, 0.2) is 6.61 Å². The molecule has 6 heteroatoms. The van der Waals surface area contributed by atoms with Crippen LogP contribution in [-0.4, -0.2) is 22.6 Å². The Morgan fingerprint density at radius 1 is 0.923 bits per heavy atom. The topological polar surface area (TPSA) is 89.7 Å². The van der Waals surface area contributed by atoms with Gasteiger partial charge in [-0.1, -0.05) is 60.7 Å². The molecular formula is C20H15NO5. The van der Waals surface area contributed by atoms with Crippen LogP contribution in [0.1, 0.15) is 0 Å². The molecule has 0 aliphatic carbocycles. The molecule has 0 atom stereocenters. The average molecular weight is 349 g/mol.